The van der Waals surface area contributed by atoms with Crippen LogP contribution in [0.4, 0.5) is 0 Å². The summed E-state index contributed by atoms with van der Waals surface area (Å²) < 4.78 is 0. The van der Waals surface area contributed by atoms with Crippen molar-refractivity contribution in [2.75, 3.05) is 0 Å². The zero-order chi connectivity index (χ0) is 9.14. The first kappa shape index (κ1) is 9.69. The van der Waals surface area contributed by atoms with Crippen molar-refractivity contribution in [3.8, 4) is 0 Å². The summed E-state index contributed by atoms with van der Waals surface area (Å²) in [6, 6.07) is 6.85. The van der Waals surface area contributed by atoms with Gasteiger partial charge in [0.25, 0.3) is 13.6 Å². The van der Waals surface area contributed by atoms with Crippen LogP contribution in [0.25, 0.3) is 0 Å². The molecule has 2 nitrogen and oxygen atoms in total. The normalized spacial score (nSPS) is 14.1. The van der Waals surface area contributed by atoms with Gasteiger partial charge in [-0.3, -0.25) is 0 Å². The van der Waals surface area contributed by atoms with Crippen LogP contribution in [-0.2, 0) is 0 Å². The lowest BCUT2D eigenvalue weighted by Crippen LogP contribution is -1.92. The van der Waals surface area contributed by atoms with Crippen molar-refractivity contribution in [3.05, 3.63) is 34.9 Å². The average Bonchev–Trinajstić information content (AvgIpc) is 2.04. The van der Waals surface area contributed by atoms with E-state index in [-0.39, 0.29) is 0 Å². The molecule has 2 atom stereocenters. The minimum atomic E-state index is -1.63. The third-order valence-electron chi connectivity index (χ3n) is 1.47. The molecule has 0 bridgehead atoms. The van der Waals surface area contributed by atoms with Crippen LogP contribution in [0, 0.1) is 0 Å². The van der Waals surface area contributed by atoms with Gasteiger partial charge in [-0.2, -0.15) is 4.89 Å². The van der Waals surface area contributed by atoms with Crippen molar-refractivity contribution in [1.82, 2.24) is 0 Å². The fraction of sp³-hybridized carbons (Fsp3) is 0.125. The molecule has 4 heteroatoms. The Morgan fingerprint density at radius 1 is 1.42 bits per heavy atom. The highest BCUT2D eigenvalue weighted by Crippen LogP contribution is 2.37. The van der Waals surface area contributed by atoms with Gasteiger partial charge in [0.15, 0.2) is 0 Å². The van der Waals surface area contributed by atoms with E-state index in [2.05, 4.69) is 6.30 Å². The summed E-state index contributed by atoms with van der Waals surface area (Å²) in [7, 11) is -1.63. The van der Waals surface area contributed by atoms with Crippen LogP contribution >= 0.6 is 19.4 Å². The molecule has 0 saturated heterocycles. The molecule has 1 rings (SSSR count). The molecular weight excluding hydrogens is 195 g/mol. The van der Waals surface area contributed by atoms with Gasteiger partial charge in [-0.1, -0.05) is 29.8 Å². The Morgan fingerprint density at radius 2 is 2.00 bits per heavy atom. The predicted molar refractivity (Wildman–Crippen MR) is 52.7 cm³/mol. The third-order valence-corrected chi connectivity index (χ3v) is 2.65. The first-order valence-corrected chi connectivity index (χ1v) is 5.26. The van der Waals surface area contributed by atoms with E-state index in [0.29, 0.717) is 10.6 Å². The highest BCUT2D eigenvalue weighted by Gasteiger charge is 2.22. The second-order valence-corrected chi connectivity index (χ2v) is 4.11. The summed E-state index contributed by atoms with van der Waals surface area (Å²) in [6.07, 6.45) is 3.37. The predicted octanol–water partition coefficient (Wildman–Crippen LogP) is 2.15. The Hall–Kier alpha value is -0.400. The minimum absolute atomic E-state index is 0.454. The lowest BCUT2D eigenvalue weighted by molar-refractivity contribution is 0.256. The molecule has 0 amide bonds. The molecule has 0 spiro atoms. The van der Waals surface area contributed by atoms with Crippen molar-refractivity contribution >= 4 is 25.7 Å². The summed E-state index contributed by atoms with van der Waals surface area (Å²) in [5.41, 5.74) is 0.530. The molecule has 2 N–H and O–H groups in total. The number of hydrogen-bond acceptors (Lipinski definition) is 2. The molecule has 1 aromatic carbocycles. The number of aliphatic hydroxyl groups excluding tert-OH is 1. The van der Waals surface area contributed by atoms with Crippen molar-refractivity contribution in [2.45, 2.75) is 5.85 Å². The lowest BCUT2D eigenvalue weighted by Gasteiger charge is -2.02. The molecule has 0 fully saturated rings. The van der Waals surface area contributed by atoms with E-state index in [1.54, 1.807) is 24.3 Å². The van der Waals surface area contributed by atoms with Crippen LogP contribution in [0.15, 0.2) is 24.3 Å². The molecule has 0 radical (unpaired) electrons. The second kappa shape index (κ2) is 4.01. The first-order valence-electron chi connectivity index (χ1n) is 3.34. The van der Waals surface area contributed by atoms with Crippen molar-refractivity contribution in [1.29, 1.82) is 0 Å². The van der Waals surface area contributed by atoms with Gasteiger partial charge in [-0.25, -0.2) is 0 Å². The Morgan fingerprint density at radius 3 is 2.50 bits per heavy atom. The van der Waals surface area contributed by atoms with Crippen LogP contribution in [0.1, 0.15) is 11.4 Å². The van der Waals surface area contributed by atoms with Gasteiger partial charge in [0, 0.05) is 5.56 Å². The van der Waals surface area contributed by atoms with E-state index in [1.807, 2.05) is 0 Å². The van der Waals surface area contributed by atoms with E-state index < -0.39 is 13.6 Å². The number of hydrogen-bond donors (Lipinski definition) is 2. The summed E-state index contributed by atoms with van der Waals surface area (Å²) in [5.74, 6) is -0.950. The zero-order valence-electron chi connectivity index (χ0n) is 6.31. The van der Waals surface area contributed by atoms with Gasteiger partial charge >= 0.3 is 0 Å². The maximum absolute atomic E-state index is 9.41. The summed E-state index contributed by atoms with van der Waals surface area (Å²) in [4.78, 5) is 9.04. The summed E-state index contributed by atoms with van der Waals surface area (Å²) in [6.45, 7) is 0. The van der Waals surface area contributed by atoms with E-state index in [9.17, 15) is 5.11 Å². The molecule has 0 aliphatic carbocycles. The zero-order valence-corrected chi connectivity index (χ0v) is 7.96. The van der Waals surface area contributed by atoms with E-state index in [4.69, 9.17) is 16.5 Å². The smallest absolute Gasteiger partial charge is 0.280 e. The number of aliphatic hydroxyl groups is 1. The van der Waals surface area contributed by atoms with Gasteiger partial charge in [0.2, 0.25) is 0 Å². The van der Waals surface area contributed by atoms with Crippen molar-refractivity contribution < 1.29 is 10.00 Å². The van der Waals surface area contributed by atoms with Crippen LogP contribution in [0.2, 0.25) is 5.02 Å². The number of rotatable bonds is 2. The number of halogens is 1. The van der Waals surface area contributed by atoms with E-state index in [0.717, 1.165) is 0 Å². The lowest BCUT2D eigenvalue weighted by atomic mass is 10.2. The Balaban J connectivity index is 3.02. The molecule has 12 heavy (non-hydrogen) atoms. The molecule has 0 aliphatic rings. The molecule has 0 aromatic heterocycles. The molecule has 2 unspecified atom stereocenters. The number of benzene rings is 1. The van der Waals surface area contributed by atoms with Crippen LogP contribution in [0.5, 0.6) is 0 Å². The molecule has 0 saturated carbocycles. The van der Waals surface area contributed by atoms with E-state index in [1.165, 1.54) is 0 Å². The molecule has 1 aromatic rings. The van der Waals surface area contributed by atoms with Gasteiger partial charge in [0.1, 0.15) is 6.30 Å². The van der Waals surface area contributed by atoms with Crippen LogP contribution < -0.4 is 0 Å². The topological polar surface area (TPSA) is 40.5 Å². The maximum atomic E-state index is 9.41. The largest absolute Gasteiger partial charge is 0.348 e. The standard InChI is InChI=1S/C8H9ClO2P/c1-12(11)8(10)6-4-2-3-5-7(6)9/h2-5,8,10-11H,1H2/q+1. The van der Waals surface area contributed by atoms with Crippen molar-refractivity contribution in [3.63, 3.8) is 0 Å². The quantitative estimate of drug-likeness (QED) is 0.723. The SMILES string of the molecule is C=[P+](O)C(O)c1ccccc1Cl. The maximum Gasteiger partial charge on any atom is 0.280 e. The summed E-state index contributed by atoms with van der Waals surface area (Å²) in [5, 5.41) is 9.86. The third kappa shape index (κ3) is 2.05. The highest BCUT2D eigenvalue weighted by molar-refractivity contribution is 7.49. The van der Waals surface area contributed by atoms with Gasteiger partial charge in [-0.15, -0.1) is 0 Å². The van der Waals surface area contributed by atoms with Crippen molar-refractivity contribution in [2.24, 2.45) is 0 Å². The fourth-order valence-corrected chi connectivity index (χ4v) is 1.71. The molecular formula is C8H9ClO2P+. The summed E-state index contributed by atoms with van der Waals surface area (Å²) >= 11 is 5.77. The van der Waals surface area contributed by atoms with Crippen LogP contribution in [0.3, 0.4) is 0 Å². The van der Waals surface area contributed by atoms with Gasteiger partial charge in [-0.05, 0) is 6.07 Å². The highest BCUT2D eigenvalue weighted by atomic mass is 35.5. The van der Waals surface area contributed by atoms with Crippen LogP contribution in [-0.4, -0.2) is 16.3 Å². The Labute approximate surface area is 76.9 Å². The minimum Gasteiger partial charge on any atom is -0.348 e. The first-order chi connectivity index (χ1) is 5.63. The van der Waals surface area contributed by atoms with Gasteiger partial charge in [0.05, 0.1) is 5.02 Å². The second-order valence-electron chi connectivity index (χ2n) is 2.33. The molecule has 64 valence electrons. The molecule has 0 aliphatic heterocycles. The fourth-order valence-electron chi connectivity index (χ4n) is 0.845. The Bertz CT molecular complexity index is 301. The van der Waals surface area contributed by atoms with E-state index >= 15 is 0 Å². The molecule has 0 heterocycles. The van der Waals surface area contributed by atoms with Gasteiger partial charge < -0.3 is 5.11 Å². The average molecular weight is 204 g/mol. The monoisotopic (exact) mass is 203 g/mol. The Kier molecular flexibility index (Phi) is 3.24.